The molecule has 0 fully saturated rings. The summed E-state index contributed by atoms with van der Waals surface area (Å²) >= 11 is 0. The minimum Gasteiger partial charge on any atom is -0.480 e. The molecule has 0 bridgehead atoms. The molecule has 0 radical (unpaired) electrons. The number of carboxylic acids is 1. The maximum atomic E-state index is 12.8. The molecular formula is C18H34N6O6. The molecule has 3 atom stereocenters. The van der Waals surface area contributed by atoms with Gasteiger partial charge in [-0.15, -0.1) is 0 Å². The zero-order valence-corrected chi connectivity index (χ0v) is 17.5. The fraction of sp³-hybridized carbons (Fsp3) is 0.722. The third kappa shape index (κ3) is 11.3. The number of carbonyl (C=O) groups excluding carboxylic acids is 4. The van der Waals surface area contributed by atoms with Crippen molar-refractivity contribution in [3.8, 4) is 0 Å². The second kappa shape index (κ2) is 14.3. The van der Waals surface area contributed by atoms with E-state index in [1.807, 2.05) is 0 Å². The lowest BCUT2D eigenvalue weighted by molar-refractivity contribution is -0.139. The molecular weight excluding hydrogens is 396 g/mol. The van der Waals surface area contributed by atoms with E-state index in [0.29, 0.717) is 19.4 Å². The summed E-state index contributed by atoms with van der Waals surface area (Å²) in [4.78, 5) is 58.8. The van der Waals surface area contributed by atoms with Crippen molar-refractivity contribution in [2.75, 3.05) is 13.1 Å². The summed E-state index contributed by atoms with van der Waals surface area (Å²) in [6, 6.07) is -2.99. The highest BCUT2D eigenvalue weighted by Crippen LogP contribution is 2.07. The Kier molecular flexibility index (Phi) is 13.0. The first-order chi connectivity index (χ1) is 14.0. The van der Waals surface area contributed by atoms with Gasteiger partial charge in [0.05, 0.1) is 6.04 Å². The number of amides is 4. The SMILES string of the molecule is CC(C)C(NC(=O)C(CCCCN)NC(=O)C(N)CCC(N)=O)C(=O)NCC(=O)O. The van der Waals surface area contributed by atoms with E-state index in [2.05, 4.69) is 16.0 Å². The molecule has 4 amide bonds. The van der Waals surface area contributed by atoms with Gasteiger partial charge in [-0.3, -0.25) is 24.0 Å². The Morgan fingerprint density at radius 2 is 1.57 bits per heavy atom. The largest absolute Gasteiger partial charge is 0.480 e. The summed E-state index contributed by atoms with van der Waals surface area (Å²) in [6.45, 7) is 3.20. The average molecular weight is 431 g/mol. The average Bonchev–Trinajstić information content (AvgIpc) is 2.66. The number of aliphatic carboxylic acids is 1. The molecule has 0 aromatic heterocycles. The quantitative estimate of drug-likeness (QED) is 0.138. The Labute approximate surface area is 175 Å². The molecule has 0 spiro atoms. The van der Waals surface area contributed by atoms with E-state index in [-0.39, 0.29) is 25.2 Å². The third-order valence-electron chi connectivity index (χ3n) is 4.28. The zero-order valence-electron chi connectivity index (χ0n) is 17.5. The normalized spacial score (nSPS) is 13.8. The van der Waals surface area contributed by atoms with Crippen molar-refractivity contribution >= 4 is 29.6 Å². The molecule has 0 rings (SSSR count). The Hall–Kier alpha value is -2.73. The molecule has 0 aliphatic rings. The van der Waals surface area contributed by atoms with Crippen molar-refractivity contribution in [1.82, 2.24) is 16.0 Å². The predicted molar refractivity (Wildman–Crippen MR) is 109 cm³/mol. The predicted octanol–water partition coefficient (Wildman–Crippen LogP) is -2.47. The molecule has 0 aromatic rings. The summed E-state index contributed by atoms with van der Waals surface area (Å²) in [5.41, 5.74) is 16.3. The highest BCUT2D eigenvalue weighted by molar-refractivity contribution is 5.93. The summed E-state index contributed by atoms with van der Waals surface area (Å²) in [7, 11) is 0. The van der Waals surface area contributed by atoms with Gasteiger partial charge in [0.1, 0.15) is 18.6 Å². The van der Waals surface area contributed by atoms with Crippen LogP contribution in [0.4, 0.5) is 0 Å². The number of nitrogens with two attached hydrogens (primary N) is 3. The molecule has 3 unspecified atom stereocenters. The molecule has 12 nitrogen and oxygen atoms in total. The standard InChI is InChI=1S/C18H34N6O6/c1-10(2)15(18(30)22-9-14(26)27)24-17(29)12(5-3-4-8-19)23-16(28)11(20)6-7-13(21)25/h10-12,15H,3-9,19-20H2,1-2H3,(H2,21,25)(H,22,30)(H,23,28)(H,24,29)(H,26,27). The van der Waals surface area contributed by atoms with E-state index < -0.39 is 54.3 Å². The van der Waals surface area contributed by atoms with Crippen molar-refractivity contribution < 1.29 is 29.1 Å². The molecule has 0 aromatic carbocycles. The van der Waals surface area contributed by atoms with Crippen molar-refractivity contribution in [2.45, 2.75) is 64.1 Å². The molecule has 0 heterocycles. The fourth-order valence-electron chi connectivity index (χ4n) is 2.53. The van der Waals surface area contributed by atoms with Crippen LogP contribution in [-0.4, -0.2) is 65.9 Å². The highest BCUT2D eigenvalue weighted by Gasteiger charge is 2.29. The van der Waals surface area contributed by atoms with E-state index >= 15 is 0 Å². The zero-order chi connectivity index (χ0) is 23.3. The van der Waals surface area contributed by atoms with Crippen molar-refractivity contribution in [2.24, 2.45) is 23.1 Å². The number of nitrogens with one attached hydrogen (secondary N) is 3. The van der Waals surface area contributed by atoms with Gasteiger partial charge in [-0.2, -0.15) is 0 Å². The first-order valence-corrected chi connectivity index (χ1v) is 9.83. The van der Waals surface area contributed by atoms with Crippen LogP contribution >= 0.6 is 0 Å². The number of unbranched alkanes of at least 4 members (excludes halogenated alkanes) is 1. The van der Waals surface area contributed by atoms with Gasteiger partial charge in [-0.05, 0) is 38.1 Å². The minimum absolute atomic E-state index is 0.0323. The molecule has 12 heteroatoms. The second-order valence-electron chi connectivity index (χ2n) is 7.30. The first-order valence-electron chi connectivity index (χ1n) is 9.83. The Morgan fingerprint density at radius 1 is 0.933 bits per heavy atom. The number of primary amides is 1. The number of hydrogen-bond donors (Lipinski definition) is 7. The van der Waals surface area contributed by atoms with Gasteiger partial charge >= 0.3 is 5.97 Å². The molecule has 172 valence electrons. The van der Waals surface area contributed by atoms with Crippen LogP contribution in [0.2, 0.25) is 0 Å². The number of hydrogen-bond acceptors (Lipinski definition) is 7. The summed E-state index contributed by atoms with van der Waals surface area (Å²) in [5, 5.41) is 16.0. The molecule has 30 heavy (non-hydrogen) atoms. The molecule has 0 saturated heterocycles. The molecule has 0 aliphatic carbocycles. The van der Waals surface area contributed by atoms with Crippen LogP contribution in [0.25, 0.3) is 0 Å². The maximum Gasteiger partial charge on any atom is 0.322 e. The smallest absolute Gasteiger partial charge is 0.322 e. The topological polar surface area (TPSA) is 220 Å². The second-order valence-corrected chi connectivity index (χ2v) is 7.30. The lowest BCUT2D eigenvalue weighted by Gasteiger charge is -2.26. The Balaban J connectivity index is 5.15. The van der Waals surface area contributed by atoms with Crippen molar-refractivity contribution in [3.05, 3.63) is 0 Å². The summed E-state index contributed by atoms with van der Waals surface area (Å²) in [5.74, 6) is -4.02. The van der Waals surface area contributed by atoms with Crippen LogP contribution in [0.15, 0.2) is 0 Å². The first kappa shape index (κ1) is 27.3. The maximum absolute atomic E-state index is 12.8. The van der Waals surface area contributed by atoms with E-state index in [9.17, 15) is 24.0 Å². The molecule has 10 N–H and O–H groups in total. The van der Waals surface area contributed by atoms with Crippen LogP contribution in [0.1, 0.15) is 46.0 Å². The van der Waals surface area contributed by atoms with Crippen LogP contribution in [0, 0.1) is 5.92 Å². The lowest BCUT2D eigenvalue weighted by Crippen LogP contribution is -2.57. The van der Waals surface area contributed by atoms with Crippen LogP contribution in [-0.2, 0) is 24.0 Å². The van der Waals surface area contributed by atoms with Crippen LogP contribution in [0.3, 0.4) is 0 Å². The summed E-state index contributed by atoms with van der Waals surface area (Å²) < 4.78 is 0. The van der Waals surface area contributed by atoms with Gasteiger partial charge in [0.25, 0.3) is 0 Å². The van der Waals surface area contributed by atoms with Gasteiger partial charge in [0, 0.05) is 6.42 Å². The van der Waals surface area contributed by atoms with E-state index in [1.165, 1.54) is 0 Å². The Bertz CT molecular complexity index is 612. The number of rotatable bonds is 15. The van der Waals surface area contributed by atoms with Gasteiger partial charge in [-0.1, -0.05) is 13.8 Å². The Morgan fingerprint density at radius 3 is 2.07 bits per heavy atom. The van der Waals surface area contributed by atoms with Crippen molar-refractivity contribution in [1.29, 1.82) is 0 Å². The number of carbonyl (C=O) groups is 5. The van der Waals surface area contributed by atoms with Crippen molar-refractivity contribution in [3.63, 3.8) is 0 Å². The monoisotopic (exact) mass is 430 g/mol. The molecule has 0 saturated carbocycles. The lowest BCUT2D eigenvalue weighted by atomic mass is 10.0. The minimum atomic E-state index is -1.21. The van der Waals surface area contributed by atoms with Gasteiger partial charge in [-0.25, -0.2) is 0 Å². The van der Waals surface area contributed by atoms with Crippen LogP contribution in [0.5, 0.6) is 0 Å². The van der Waals surface area contributed by atoms with E-state index in [0.717, 1.165) is 0 Å². The summed E-state index contributed by atoms with van der Waals surface area (Å²) in [6.07, 6.45) is 1.39. The van der Waals surface area contributed by atoms with Gasteiger partial charge in [0.2, 0.25) is 23.6 Å². The van der Waals surface area contributed by atoms with E-state index in [4.69, 9.17) is 22.3 Å². The third-order valence-corrected chi connectivity index (χ3v) is 4.28. The molecule has 0 aliphatic heterocycles. The van der Waals surface area contributed by atoms with Gasteiger partial charge < -0.3 is 38.3 Å². The number of carboxylic acid groups (broad SMARTS) is 1. The van der Waals surface area contributed by atoms with Gasteiger partial charge in [0.15, 0.2) is 0 Å². The highest BCUT2D eigenvalue weighted by atomic mass is 16.4. The fourth-order valence-corrected chi connectivity index (χ4v) is 2.53. The van der Waals surface area contributed by atoms with Crippen LogP contribution < -0.4 is 33.2 Å². The van der Waals surface area contributed by atoms with E-state index in [1.54, 1.807) is 13.8 Å².